The highest BCUT2D eigenvalue weighted by Crippen LogP contribution is 2.24. The fourth-order valence-electron chi connectivity index (χ4n) is 1.73. The van der Waals surface area contributed by atoms with Crippen LogP contribution < -0.4 is 10.1 Å². The van der Waals surface area contributed by atoms with Gasteiger partial charge < -0.3 is 10.1 Å². The number of rotatable bonds is 6. The lowest BCUT2D eigenvalue weighted by Gasteiger charge is -2.08. The van der Waals surface area contributed by atoms with Crippen LogP contribution in [0.4, 0.5) is 5.69 Å². The zero-order chi connectivity index (χ0) is 15.3. The molecular weight excluding hydrogens is 288 g/mol. The Morgan fingerprint density at radius 3 is 2.48 bits per heavy atom. The van der Waals surface area contributed by atoms with Crippen molar-refractivity contribution >= 4 is 15.5 Å². The van der Waals surface area contributed by atoms with Gasteiger partial charge in [0.2, 0.25) is 0 Å². The number of ether oxygens (including phenoxy) is 1. The van der Waals surface area contributed by atoms with Gasteiger partial charge in [0.25, 0.3) is 0 Å². The van der Waals surface area contributed by atoms with Crippen LogP contribution in [0.15, 0.2) is 47.6 Å². The zero-order valence-electron chi connectivity index (χ0n) is 12.0. The van der Waals surface area contributed by atoms with Gasteiger partial charge in [-0.1, -0.05) is 6.92 Å². The van der Waals surface area contributed by atoms with Gasteiger partial charge in [-0.25, -0.2) is 8.42 Å². The Bertz CT molecular complexity index is 697. The Morgan fingerprint density at radius 2 is 1.86 bits per heavy atom. The van der Waals surface area contributed by atoms with Crippen molar-refractivity contribution in [1.29, 1.82) is 0 Å². The summed E-state index contributed by atoms with van der Waals surface area (Å²) in [7, 11) is -3.19. The molecule has 1 aromatic carbocycles. The lowest BCUT2D eigenvalue weighted by Crippen LogP contribution is -2.00. The molecule has 0 spiro atoms. The first kappa shape index (κ1) is 15.3. The van der Waals surface area contributed by atoms with Crippen molar-refractivity contribution in [3.63, 3.8) is 0 Å². The van der Waals surface area contributed by atoms with Gasteiger partial charge in [0.05, 0.1) is 23.0 Å². The van der Waals surface area contributed by atoms with Gasteiger partial charge in [-0.3, -0.25) is 4.98 Å². The van der Waals surface area contributed by atoms with E-state index in [4.69, 9.17) is 4.74 Å². The first-order valence-corrected chi connectivity index (χ1v) is 8.55. The standard InChI is InChI=1S/C15H18N2O3S/c1-3-8-17-12-9-14(11-16-10-12)20-13-4-6-15(7-5-13)21(2,18)19/h4-7,9-11,17H,3,8H2,1-2H3. The number of hydrogen-bond acceptors (Lipinski definition) is 5. The van der Waals surface area contributed by atoms with Gasteiger partial charge in [0, 0.05) is 18.9 Å². The summed E-state index contributed by atoms with van der Waals surface area (Å²) < 4.78 is 28.4. The summed E-state index contributed by atoms with van der Waals surface area (Å²) in [4.78, 5) is 4.38. The molecule has 1 N–H and O–H groups in total. The van der Waals surface area contributed by atoms with Crippen LogP contribution in [0.5, 0.6) is 11.5 Å². The maximum absolute atomic E-state index is 11.4. The molecule has 112 valence electrons. The molecule has 0 amide bonds. The molecule has 1 heterocycles. The van der Waals surface area contributed by atoms with E-state index in [1.807, 2.05) is 6.07 Å². The molecule has 21 heavy (non-hydrogen) atoms. The largest absolute Gasteiger partial charge is 0.456 e. The number of nitrogens with zero attached hydrogens (tertiary/aromatic N) is 1. The lowest BCUT2D eigenvalue weighted by atomic mass is 10.3. The van der Waals surface area contributed by atoms with Crippen molar-refractivity contribution in [3.8, 4) is 11.5 Å². The molecule has 0 fully saturated rings. The van der Waals surface area contributed by atoms with Crippen LogP contribution in [0.2, 0.25) is 0 Å². The minimum absolute atomic E-state index is 0.270. The summed E-state index contributed by atoms with van der Waals surface area (Å²) in [6.45, 7) is 2.96. The second kappa shape index (κ2) is 6.58. The number of hydrogen-bond donors (Lipinski definition) is 1. The van der Waals surface area contributed by atoms with E-state index >= 15 is 0 Å². The van der Waals surface area contributed by atoms with E-state index < -0.39 is 9.84 Å². The normalized spacial score (nSPS) is 11.1. The highest BCUT2D eigenvalue weighted by Gasteiger charge is 2.07. The first-order valence-electron chi connectivity index (χ1n) is 6.66. The van der Waals surface area contributed by atoms with E-state index in [2.05, 4.69) is 17.2 Å². The molecule has 6 heteroatoms. The summed E-state index contributed by atoms with van der Waals surface area (Å²) in [5.74, 6) is 1.17. The maximum Gasteiger partial charge on any atom is 0.175 e. The zero-order valence-corrected chi connectivity index (χ0v) is 12.9. The van der Waals surface area contributed by atoms with Crippen molar-refractivity contribution in [1.82, 2.24) is 4.98 Å². The molecule has 0 aliphatic heterocycles. The van der Waals surface area contributed by atoms with Crippen LogP contribution in [-0.4, -0.2) is 26.2 Å². The quantitative estimate of drug-likeness (QED) is 0.888. The molecule has 0 atom stereocenters. The second-order valence-electron chi connectivity index (χ2n) is 4.68. The van der Waals surface area contributed by atoms with E-state index in [-0.39, 0.29) is 4.90 Å². The molecule has 0 saturated carbocycles. The fraction of sp³-hybridized carbons (Fsp3) is 0.267. The molecule has 2 aromatic rings. The Hall–Kier alpha value is -2.08. The smallest absolute Gasteiger partial charge is 0.175 e. The number of pyridine rings is 1. The Balaban J connectivity index is 2.11. The molecule has 1 aromatic heterocycles. The summed E-state index contributed by atoms with van der Waals surface area (Å²) in [5.41, 5.74) is 0.891. The van der Waals surface area contributed by atoms with Gasteiger partial charge in [0.15, 0.2) is 9.84 Å². The van der Waals surface area contributed by atoms with E-state index in [1.165, 1.54) is 18.4 Å². The molecule has 0 saturated heterocycles. The van der Waals surface area contributed by atoms with Crippen molar-refractivity contribution in [2.24, 2.45) is 0 Å². The van der Waals surface area contributed by atoms with Gasteiger partial charge in [-0.2, -0.15) is 0 Å². The Labute approximate surface area is 124 Å². The van der Waals surface area contributed by atoms with Crippen molar-refractivity contribution in [2.45, 2.75) is 18.2 Å². The summed E-state index contributed by atoms with van der Waals surface area (Å²) in [6, 6.07) is 8.16. The lowest BCUT2D eigenvalue weighted by molar-refractivity contribution is 0.480. The van der Waals surface area contributed by atoms with E-state index in [0.29, 0.717) is 11.5 Å². The monoisotopic (exact) mass is 306 g/mol. The van der Waals surface area contributed by atoms with E-state index in [0.717, 1.165) is 18.7 Å². The van der Waals surface area contributed by atoms with Crippen molar-refractivity contribution in [2.75, 3.05) is 18.1 Å². The van der Waals surface area contributed by atoms with Crippen LogP contribution in [0.3, 0.4) is 0 Å². The molecule has 0 unspecified atom stereocenters. The van der Waals surface area contributed by atoms with Gasteiger partial charge >= 0.3 is 0 Å². The third-order valence-corrected chi connectivity index (χ3v) is 3.91. The topological polar surface area (TPSA) is 68.3 Å². The number of aromatic nitrogens is 1. The summed E-state index contributed by atoms with van der Waals surface area (Å²) in [6.07, 6.45) is 5.55. The van der Waals surface area contributed by atoms with Gasteiger partial charge in [-0.15, -0.1) is 0 Å². The Kier molecular flexibility index (Phi) is 4.80. The molecule has 2 rings (SSSR count). The molecule has 5 nitrogen and oxygen atoms in total. The van der Waals surface area contributed by atoms with Crippen LogP contribution >= 0.6 is 0 Å². The number of benzene rings is 1. The van der Waals surface area contributed by atoms with Crippen LogP contribution in [0, 0.1) is 0 Å². The van der Waals surface area contributed by atoms with Crippen molar-refractivity contribution < 1.29 is 13.2 Å². The van der Waals surface area contributed by atoms with Crippen molar-refractivity contribution in [3.05, 3.63) is 42.7 Å². The molecule has 0 aliphatic rings. The third-order valence-electron chi connectivity index (χ3n) is 2.78. The summed E-state index contributed by atoms with van der Waals surface area (Å²) in [5, 5.41) is 3.23. The second-order valence-corrected chi connectivity index (χ2v) is 6.70. The van der Waals surface area contributed by atoms with Gasteiger partial charge in [0.1, 0.15) is 11.5 Å². The minimum atomic E-state index is -3.19. The first-order chi connectivity index (χ1) is 9.99. The maximum atomic E-state index is 11.4. The molecular formula is C15H18N2O3S. The number of sulfone groups is 1. The van der Waals surface area contributed by atoms with Crippen LogP contribution in [0.1, 0.15) is 13.3 Å². The molecule has 0 radical (unpaired) electrons. The van der Waals surface area contributed by atoms with Crippen LogP contribution in [-0.2, 0) is 9.84 Å². The van der Waals surface area contributed by atoms with Crippen LogP contribution in [0.25, 0.3) is 0 Å². The highest BCUT2D eigenvalue weighted by molar-refractivity contribution is 7.90. The third kappa shape index (κ3) is 4.46. The average molecular weight is 306 g/mol. The van der Waals surface area contributed by atoms with E-state index in [1.54, 1.807) is 24.5 Å². The number of nitrogens with one attached hydrogen (secondary N) is 1. The SMILES string of the molecule is CCCNc1cncc(Oc2ccc(S(C)(=O)=O)cc2)c1. The fourth-order valence-corrected chi connectivity index (χ4v) is 2.36. The average Bonchev–Trinajstić information content (AvgIpc) is 2.45. The minimum Gasteiger partial charge on any atom is -0.456 e. The van der Waals surface area contributed by atoms with E-state index in [9.17, 15) is 8.42 Å². The highest BCUT2D eigenvalue weighted by atomic mass is 32.2. The molecule has 0 aliphatic carbocycles. The Morgan fingerprint density at radius 1 is 1.14 bits per heavy atom. The molecule has 0 bridgehead atoms. The predicted molar refractivity (Wildman–Crippen MR) is 82.6 cm³/mol. The number of anilines is 1. The van der Waals surface area contributed by atoms with Gasteiger partial charge in [-0.05, 0) is 30.7 Å². The predicted octanol–water partition coefficient (Wildman–Crippen LogP) is 3.10. The summed E-state index contributed by atoms with van der Waals surface area (Å²) >= 11 is 0.